The van der Waals surface area contributed by atoms with E-state index in [4.69, 9.17) is 40.1 Å². The highest BCUT2D eigenvalue weighted by Crippen LogP contribution is 2.38. The van der Waals surface area contributed by atoms with Crippen LogP contribution in [0, 0.1) is 17.1 Å². The molecule has 1 heterocycles. The number of aromatic nitrogens is 1. The van der Waals surface area contributed by atoms with E-state index in [1.54, 1.807) is 18.3 Å². The van der Waals surface area contributed by atoms with Crippen molar-refractivity contribution in [3.63, 3.8) is 0 Å². The number of halogens is 4. The van der Waals surface area contributed by atoms with Crippen molar-refractivity contribution < 1.29 is 4.39 Å². The molecule has 0 spiro atoms. The van der Waals surface area contributed by atoms with Crippen molar-refractivity contribution in [2.45, 2.75) is 6.42 Å². The third-order valence-electron chi connectivity index (χ3n) is 3.43. The third-order valence-corrected chi connectivity index (χ3v) is 4.47. The summed E-state index contributed by atoms with van der Waals surface area (Å²) in [5.74, 6) is -0.440. The molecule has 0 atom stereocenters. The molecule has 0 radical (unpaired) electrons. The number of nitrogens with zero attached hydrogens (tertiary/aromatic N) is 1. The van der Waals surface area contributed by atoms with Crippen LogP contribution >= 0.6 is 34.8 Å². The summed E-state index contributed by atoms with van der Waals surface area (Å²) in [5, 5.41) is 10.2. The molecule has 1 N–H and O–H groups in total. The molecular weight excluding hydrogens is 346 g/mol. The van der Waals surface area contributed by atoms with Gasteiger partial charge in [-0.15, -0.1) is 0 Å². The lowest BCUT2D eigenvalue weighted by Crippen LogP contribution is -1.90. The molecule has 0 saturated heterocycles. The Bertz CT molecular complexity index is 925. The number of aromatic amines is 1. The summed E-state index contributed by atoms with van der Waals surface area (Å²) in [6.45, 7) is 0. The molecule has 6 heteroatoms. The topological polar surface area (TPSA) is 39.6 Å². The van der Waals surface area contributed by atoms with Crippen molar-refractivity contribution in [3.8, 4) is 17.2 Å². The fourth-order valence-electron chi connectivity index (χ4n) is 2.41. The number of hydrogen-bond acceptors (Lipinski definition) is 1. The molecule has 0 aliphatic carbocycles. The van der Waals surface area contributed by atoms with E-state index in [-0.39, 0.29) is 6.42 Å². The van der Waals surface area contributed by atoms with Crippen molar-refractivity contribution in [1.82, 2.24) is 4.98 Å². The van der Waals surface area contributed by atoms with Gasteiger partial charge in [-0.2, -0.15) is 5.26 Å². The maximum absolute atomic E-state index is 14.9. The lowest BCUT2D eigenvalue weighted by molar-refractivity contribution is 0.642. The van der Waals surface area contributed by atoms with E-state index >= 15 is 0 Å². The van der Waals surface area contributed by atoms with E-state index in [0.29, 0.717) is 42.7 Å². The number of fused-ring (bicyclic) bond motifs is 1. The zero-order valence-electron chi connectivity index (χ0n) is 11.1. The maximum Gasteiger partial charge on any atom is 0.140 e. The summed E-state index contributed by atoms with van der Waals surface area (Å²) in [6, 6.07) is 8.41. The van der Waals surface area contributed by atoms with Gasteiger partial charge in [0.1, 0.15) is 5.82 Å². The number of H-pyrrole nitrogens is 1. The standard InChI is InChI=1S/C16H8Cl3FN2/c17-11-6-13(19)12(18)5-10(11)9-1-2-14-15(16(9)20)8(3-4-21)7-22-14/h1-2,5-7,22H,3H2. The SMILES string of the molecule is N#CCc1c[nH]c2ccc(-c3cc(Cl)c(Cl)cc3Cl)c(F)c12. The first kappa shape index (κ1) is 15.2. The largest absolute Gasteiger partial charge is 0.361 e. The Balaban J connectivity index is 2.28. The second-order valence-electron chi connectivity index (χ2n) is 4.74. The Morgan fingerprint density at radius 1 is 1.05 bits per heavy atom. The van der Waals surface area contributed by atoms with Crippen LogP contribution in [0.5, 0.6) is 0 Å². The van der Waals surface area contributed by atoms with Gasteiger partial charge in [0, 0.05) is 28.2 Å². The summed E-state index contributed by atoms with van der Waals surface area (Å²) < 4.78 is 14.9. The lowest BCUT2D eigenvalue weighted by atomic mass is 10.0. The molecule has 2 nitrogen and oxygen atoms in total. The van der Waals surface area contributed by atoms with Crippen molar-refractivity contribution in [3.05, 3.63) is 56.9 Å². The summed E-state index contributed by atoms with van der Waals surface area (Å²) in [5.41, 5.74) is 2.00. The molecule has 3 rings (SSSR count). The van der Waals surface area contributed by atoms with Crippen LogP contribution in [0.1, 0.15) is 5.56 Å². The van der Waals surface area contributed by atoms with Gasteiger partial charge in [-0.25, -0.2) is 4.39 Å². The number of hydrogen-bond donors (Lipinski definition) is 1. The Hall–Kier alpha value is -1.73. The monoisotopic (exact) mass is 352 g/mol. The van der Waals surface area contributed by atoms with E-state index in [1.165, 1.54) is 12.1 Å². The van der Waals surface area contributed by atoms with Crippen molar-refractivity contribution in [2.75, 3.05) is 0 Å². The van der Waals surface area contributed by atoms with Gasteiger partial charge in [0.2, 0.25) is 0 Å². The molecule has 0 aliphatic heterocycles. The van der Waals surface area contributed by atoms with Crippen LogP contribution in [0.4, 0.5) is 4.39 Å². The number of rotatable bonds is 2. The highest BCUT2D eigenvalue weighted by atomic mass is 35.5. The molecule has 0 amide bonds. The van der Waals surface area contributed by atoms with Crippen molar-refractivity contribution in [1.29, 1.82) is 5.26 Å². The minimum absolute atomic E-state index is 0.121. The second kappa shape index (κ2) is 5.81. The van der Waals surface area contributed by atoms with Gasteiger partial charge < -0.3 is 4.98 Å². The average molecular weight is 354 g/mol. The highest BCUT2D eigenvalue weighted by Gasteiger charge is 2.17. The van der Waals surface area contributed by atoms with Crippen LogP contribution in [0.2, 0.25) is 15.1 Å². The van der Waals surface area contributed by atoms with Crippen LogP contribution in [-0.2, 0) is 6.42 Å². The van der Waals surface area contributed by atoms with Crippen LogP contribution in [0.15, 0.2) is 30.5 Å². The van der Waals surface area contributed by atoms with E-state index in [2.05, 4.69) is 4.98 Å². The van der Waals surface area contributed by atoms with Crippen molar-refractivity contribution in [2.24, 2.45) is 0 Å². The molecule has 0 bridgehead atoms. The minimum atomic E-state index is -0.440. The minimum Gasteiger partial charge on any atom is -0.361 e. The van der Waals surface area contributed by atoms with Crippen LogP contribution in [0.25, 0.3) is 22.0 Å². The molecular formula is C16H8Cl3FN2. The first-order valence-corrected chi connectivity index (χ1v) is 7.46. The zero-order chi connectivity index (χ0) is 15.9. The van der Waals surface area contributed by atoms with Crippen LogP contribution in [-0.4, -0.2) is 4.98 Å². The molecule has 2 aromatic carbocycles. The fraction of sp³-hybridized carbons (Fsp3) is 0.0625. The molecule has 1 aromatic heterocycles. The Morgan fingerprint density at radius 3 is 2.50 bits per heavy atom. The first-order valence-electron chi connectivity index (χ1n) is 6.33. The highest BCUT2D eigenvalue weighted by molar-refractivity contribution is 6.44. The number of nitrogens with one attached hydrogen (secondary N) is 1. The van der Waals surface area contributed by atoms with Crippen LogP contribution < -0.4 is 0 Å². The van der Waals surface area contributed by atoms with Gasteiger partial charge in [0.25, 0.3) is 0 Å². The number of benzene rings is 2. The van der Waals surface area contributed by atoms with Gasteiger partial charge in [0.05, 0.1) is 27.6 Å². The Labute approximate surface area is 141 Å². The maximum atomic E-state index is 14.9. The van der Waals surface area contributed by atoms with E-state index < -0.39 is 5.82 Å². The zero-order valence-corrected chi connectivity index (χ0v) is 13.3. The quantitative estimate of drug-likeness (QED) is 0.564. The van der Waals surface area contributed by atoms with Gasteiger partial charge in [-0.3, -0.25) is 0 Å². The molecule has 0 aliphatic rings. The van der Waals surface area contributed by atoms with Crippen LogP contribution in [0.3, 0.4) is 0 Å². The first-order chi connectivity index (χ1) is 10.5. The second-order valence-corrected chi connectivity index (χ2v) is 5.97. The van der Waals surface area contributed by atoms with Gasteiger partial charge >= 0.3 is 0 Å². The third kappa shape index (κ3) is 2.44. The molecule has 0 unspecified atom stereocenters. The van der Waals surface area contributed by atoms with Gasteiger partial charge in [-0.1, -0.05) is 34.8 Å². The van der Waals surface area contributed by atoms with Gasteiger partial charge in [0.15, 0.2) is 0 Å². The Kier molecular flexibility index (Phi) is 4.01. The Morgan fingerprint density at radius 2 is 1.77 bits per heavy atom. The van der Waals surface area contributed by atoms with Crippen molar-refractivity contribution >= 4 is 45.7 Å². The summed E-state index contributed by atoms with van der Waals surface area (Å²) in [7, 11) is 0. The lowest BCUT2D eigenvalue weighted by Gasteiger charge is -2.09. The van der Waals surface area contributed by atoms with E-state index in [9.17, 15) is 4.39 Å². The fourth-order valence-corrected chi connectivity index (χ4v) is 3.06. The summed E-state index contributed by atoms with van der Waals surface area (Å²) in [6.07, 6.45) is 1.76. The van der Waals surface area contributed by atoms with E-state index in [1.807, 2.05) is 6.07 Å². The predicted octanol–water partition coefficient (Wildman–Crippen LogP) is 6.00. The summed E-state index contributed by atoms with van der Waals surface area (Å²) >= 11 is 18.1. The number of nitriles is 1. The predicted molar refractivity (Wildman–Crippen MR) is 88.0 cm³/mol. The molecule has 0 saturated carbocycles. The molecule has 110 valence electrons. The molecule has 0 fully saturated rings. The van der Waals surface area contributed by atoms with E-state index in [0.717, 1.165) is 0 Å². The molecule has 22 heavy (non-hydrogen) atoms. The summed E-state index contributed by atoms with van der Waals surface area (Å²) in [4.78, 5) is 2.96. The smallest absolute Gasteiger partial charge is 0.140 e. The normalized spacial score (nSPS) is 10.9. The molecule has 3 aromatic rings. The average Bonchev–Trinajstić information content (AvgIpc) is 2.88. The van der Waals surface area contributed by atoms with Gasteiger partial charge in [-0.05, 0) is 29.8 Å².